The second-order valence-corrected chi connectivity index (χ2v) is 5.35. The molecule has 0 saturated carbocycles. The van der Waals surface area contributed by atoms with E-state index >= 15 is 0 Å². The standard InChI is InChI=1S/C20H15N3O/c24-20-17-11-12-18(23(17)14-13-21-20)22-19(15-7-3-1-4-8-15)16-9-5-2-6-10-16/h1-14H,(H,21,24)/i14D. The van der Waals surface area contributed by atoms with E-state index in [9.17, 15) is 4.79 Å². The first-order chi connectivity index (χ1) is 12.2. The number of nitrogens with zero attached hydrogens (tertiary/aromatic N) is 2. The lowest BCUT2D eigenvalue weighted by Gasteiger charge is -2.07. The fourth-order valence-corrected chi connectivity index (χ4v) is 2.66. The first-order valence-corrected chi connectivity index (χ1v) is 7.63. The van der Waals surface area contributed by atoms with E-state index in [1.54, 1.807) is 16.5 Å². The zero-order valence-corrected chi connectivity index (χ0v) is 12.8. The highest BCUT2D eigenvalue weighted by molar-refractivity contribution is 6.13. The number of aromatic amines is 1. The van der Waals surface area contributed by atoms with Crippen LogP contribution in [0, 0.1) is 0 Å². The first kappa shape index (κ1) is 13.1. The molecule has 2 aromatic carbocycles. The van der Waals surface area contributed by atoms with Crippen molar-refractivity contribution in [3.63, 3.8) is 0 Å². The van der Waals surface area contributed by atoms with Gasteiger partial charge >= 0.3 is 0 Å². The van der Waals surface area contributed by atoms with E-state index in [4.69, 9.17) is 6.36 Å². The molecule has 2 heterocycles. The Kier molecular flexibility index (Phi) is 3.27. The minimum Gasteiger partial charge on any atom is -0.326 e. The van der Waals surface area contributed by atoms with Crippen molar-refractivity contribution in [1.82, 2.24) is 9.38 Å². The quantitative estimate of drug-likeness (QED) is 0.575. The molecule has 0 spiro atoms. The second kappa shape index (κ2) is 6.01. The van der Waals surface area contributed by atoms with Gasteiger partial charge in [0.2, 0.25) is 0 Å². The number of aliphatic imine (C=N–C) groups is 1. The van der Waals surface area contributed by atoms with Gasteiger partial charge in [0.25, 0.3) is 5.56 Å². The zero-order valence-electron chi connectivity index (χ0n) is 13.8. The molecular weight excluding hydrogens is 298 g/mol. The second-order valence-electron chi connectivity index (χ2n) is 5.35. The summed E-state index contributed by atoms with van der Waals surface area (Å²) >= 11 is 0. The predicted octanol–water partition coefficient (Wildman–Crippen LogP) is 3.80. The predicted molar refractivity (Wildman–Crippen MR) is 96.2 cm³/mol. The summed E-state index contributed by atoms with van der Waals surface area (Å²) in [5.41, 5.74) is 2.91. The van der Waals surface area contributed by atoms with E-state index in [-0.39, 0.29) is 11.7 Å². The van der Waals surface area contributed by atoms with Gasteiger partial charge in [-0.25, -0.2) is 4.99 Å². The van der Waals surface area contributed by atoms with Gasteiger partial charge in [-0.2, -0.15) is 0 Å². The molecule has 0 aliphatic carbocycles. The fraction of sp³-hybridized carbons (Fsp3) is 0. The Labute approximate surface area is 140 Å². The van der Waals surface area contributed by atoms with Gasteiger partial charge in [-0.15, -0.1) is 0 Å². The van der Waals surface area contributed by atoms with Crippen molar-refractivity contribution in [2.75, 3.05) is 0 Å². The molecule has 24 heavy (non-hydrogen) atoms. The zero-order chi connectivity index (χ0) is 17.2. The van der Waals surface area contributed by atoms with Crippen molar-refractivity contribution < 1.29 is 1.37 Å². The molecule has 0 aliphatic heterocycles. The van der Waals surface area contributed by atoms with Crippen LogP contribution in [-0.2, 0) is 0 Å². The maximum absolute atomic E-state index is 12.0. The number of benzene rings is 2. The molecule has 0 radical (unpaired) electrons. The average Bonchev–Trinajstić information content (AvgIpc) is 3.09. The Hall–Kier alpha value is -3.40. The van der Waals surface area contributed by atoms with E-state index in [0.29, 0.717) is 11.3 Å². The molecule has 1 N–H and O–H groups in total. The van der Waals surface area contributed by atoms with Crippen molar-refractivity contribution in [2.45, 2.75) is 0 Å². The molecule has 0 bridgehead atoms. The third kappa shape index (κ3) is 2.54. The van der Waals surface area contributed by atoms with E-state index < -0.39 is 0 Å². The van der Waals surface area contributed by atoms with Crippen LogP contribution >= 0.6 is 0 Å². The van der Waals surface area contributed by atoms with E-state index in [0.717, 1.165) is 16.8 Å². The molecule has 0 atom stereocenters. The fourth-order valence-electron chi connectivity index (χ4n) is 2.66. The molecule has 4 aromatic rings. The third-order valence-corrected chi connectivity index (χ3v) is 3.81. The number of rotatable bonds is 3. The highest BCUT2D eigenvalue weighted by atomic mass is 16.1. The minimum atomic E-state index is -0.238. The Morgan fingerprint density at radius 2 is 1.54 bits per heavy atom. The number of fused-ring (bicyclic) bond motifs is 1. The maximum Gasteiger partial charge on any atom is 0.272 e. The number of hydrogen-bond donors (Lipinski definition) is 1. The van der Waals surface area contributed by atoms with Crippen molar-refractivity contribution >= 4 is 17.0 Å². The van der Waals surface area contributed by atoms with Crippen molar-refractivity contribution in [3.8, 4) is 0 Å². The lowest BCUT2D eigenvalue weighted by molar-refractivity contribution is 1.10. The average molecular weight is 314 g/mol. The lowest BCUT2D eigenvalue weighted by Crippen LogP contribution is -2.07. The number of nitrogens with one attached hydrogen (secondary N) is 1. The SMILES string of the molecule is [2H]c1c[nH]c(=O)c2ccc(N=C(c3ccccc3)c3ccccc3)n12. The van der Waals surface area contributed by atoms with Gasteiger partial charge in [0.1, 0.15) is 11.3 Å². The Morgan fingerprint density at radius 1 is 0.917 bits per heavy atom. The third-order valence-electron chi connectivity index (χ3n) is 3.81. The summed E-state index contributed by atoms with van der Waals surface area (Å²) in [4.78, 5) is 19.3. The summed E-state index contributed by atoms with van der Waals surface area (Å²) in [5.74, 6) is 0.550. The van der Waals surface area contributed by atoms with Crippen LogP contribution in [-0.4, -0.2) is 15.1 Å². The van der Waals surface area contributed by atoms with Crippen LogP contribution in [0.4, 0.5) is 5.82 Å². The van der Waals surface area contributed by atoms with Crippen LogP contribution in [0.25, 0.3) is 5.52 Å². The van der Waals surface area contributed by atoms with E-state index in [2.05, 4.69) is 4.98 Å². The normalized spacial score (nSPS) is 11.2. The molecule has 4 rings (SSSR count). The van der Waals surface area contributed by atoms with Crippen LogP contribution in [0.5, 0.6) is 0 Å². The molecule has 116 valence electrons. The van der Waals surface area contributed by atoms with Crippen LogP contribution in [0.2, 0.25) is 0 Å². The van der Waals surface area contributed by atoms with Crippen molar-refractivity contribution in [3.05, 3.63) is 107 Å². The summed E-state index contributed by atoms with van der Waals surface area (Å²) in [6.07, 6.45) is 1.55. The molecule has 0 amide bonds. The molecular formula is C20H15N3O. The van der Waals surface area contributed by atoms with Crippen LogP contribution in [0.1, 0.15) is 12.5 Å². The van der Waals surface area contributed by atoms with Crippen LogP contribution in [0.15, 0.2) is 95.0 Å². The Balaban J connectivity index is 1.98. The molecule has 4 nitrogen and oxygen atoms in total. The van der Waals surface area contributed by atoms with Gasteiger partial charge in [0.15, 0.2) is 0 Å². The van der Waals surface area contributed by atoms with Crippen LogP contribution < -0.4 is 5.56 Å². The van der Waals surface area contributed by atoms with Gasteiger partial charge in [0.05, 0.1) is 7.08 Å². The van der Waals surface area contributed by atoms with Gasteiger partial charge in [-0.05, 0) is 12.1 Å². The van der Waals surface area contributed by atoms with Crippen molar-refractivity contribution in [1.29, 1.82) is 0 Å². The number of hydrogen-bond acceptors (Lipinski definition) is 2. The summed E-state index contributed by atoms with van der Waals surface area (Å²) < 4.78 is 9.64. The summed E-state index contributed by atoms with van der Waals surface area (Å²) in [6.45, 7) is 0. The Bertz CT molecular complexity index is 1070. The van der Waals surface area contributed by atoms with Gasteiger partial charge < -0.3 is 4.98 Å². The van der Waals surface area contributed by atoms with Gasteiger partial charge in [0, 0.05) is 23.5 Å². The molecule has 4 heteroatoms. The monoisotopic (exact) mass is 314 g/mol. The largest absolute Gasteiger partial charge is 0.326 e. The van der Waals surface area contributed by atoms with Crippen LogP contribution in [0.3, 0.4) is 0 Å². The number of aromatic nitrogens is 2. The minimum absolute atomic E-state index is 0.179. The van der Waals surface area contributed by atoms with E-state index in [1.807, 2.05) is 60.7 Å². The lowest BCUT2D eigenvalue weighted by atomic mass is 10.0. The Morgan fingerprint density at radius 3 is 2.17 bits per heavy atom. The summed E-state index contributed by atoms with van der Waals surface area (Å²) in [7, 11) is 0. The van der Waals surface area contributed by atoms with Gasteiger partial charge in [-0.3, -0.25) is 9.20 Å². The number of H-pyrrole nitrogens is 1. The molecule has 0 fully saturated rings. The molecule has 0 saturated heterocycles. The highest BCUT2D eigenvalue weighted by Gasteiger charge is 2.09. The maximum atomic E-state index is 12.0. The highest BCUT2D eigenvalue weighted by Crippen LogP contribution is 2.20. The smallest absolute Gasteiger partial charge is 0.272 e. The molecule has 0 aliphatic rings. The van der Waals surface area contributed by atoms with Crippen molar-refractivity contribution in [2.24, 2.45) is 4.99 Å². The van der Waals surface area contributed by atoms with Gasteiger partial charge in [-0.1, -0.05) is 60.7 Å². The first-order valence-electron chi connectivity index (χ1n) is 8.13. The molecule has 2 aromatic heterocycles. The molecule has 0 unspecified atom stereocenters. The topological polar surface area (TPSA) is 49.6 Å². The summed E-state index contributed by atoms with van der Waals surface area (Å²) in [5, 5.41) is 0. The van der Waals surface area contributed by atoms with E-state index in [1.165, 1.54) is 6.20 Å². The summed E-state index contributed by atoms with van der Waals surface area (Å²) in [6, 6.07) is 23.2.